The van der Waals surface area contributed by atoms with Crippen LogP contribution in [0, 0.1) is 0 Å². The molecule has 0 aliphatic rings. The molecule has 34 valence electrons. The third-order valence-corrected chi connectivity index (χ3v) is 0. The zero-order chi connectivity index (χ0) is 4.50. The van der Waals surface area contributed by atoms with Crippen molar-refractivity contribution in [2.24, 2.45) is 0 Å². The smallest absolute Gasteiger partial charge is 1.00 e. The fraction of sp³-hybridized carbons (Fsp3) is 1.00. The van der Waals surface area contributed by atoms with E-state index in [1.165, 1.54) is 0 Å². The van der Waals surface area contributed by atoms with Gasteiger partial charge < -0.3 is 1.43 Å². The number of hydrogen-bond donors (Lipinski definition) is 4. The van der Waals surface area contributed by atoms with Crippen LogP contribution in [0.4, 0.5) is 0 Å². The van der Waals surface area contributed by atoms with Gasteiger partial charge in [0.15, 0.2) is 0 Å². The second-order valence-electron chi connectivity index (χ2n) is 0.600. The van der Waals surface area contributed by atoms with E-state index >= 15 is 0 Å². The van der Waals surface area contributed by atoms with Crippen molar-refractivity contribution in [3.63, 3.8) is 0 Å². The molecule has 0 bridgehead atoms. The predicted molar refractivity (Wildman–Crippen MR) is 39.8 cm³/mol. The molecule has 0 fully saturated rings. The van der Waals surface area contributed by atoms with E-state index in [4.69, 9.17) is 0 Å². The summed E-state index contributed by atoms with van der Waals surface area (Å²) in [5, 5.41) is 0. The van der Waals surface area contributed by atoms with Gasteiger partial charge in [0.2, 0.25) is 0 Å². The Kier molecular flexibility index (Phi) is 8.04. The molecule has 0 radical (unpaired) electrons. The minimum Gasteiger partial charge on any atom is -1.00 e. The van der Waals surface area contributed by atoms with E-state index in [9.17, 15) is 0 Å². The number of hydrogen-bond acceptors (Lipinski definition) is 4. The molecule has 0 aromatic carbocycles. The first kappa shape index (κ1) is 11.2. The van der Waals surface area contributed by atoms with Gasteiger partial charge in [0.1, 0.15) is 2.74 Å². The molecule has 0 aromatic heterocycles. The van der Waals surface area contributed by atoms with E-state index in [1.54, 1.807) is 0 Å². The zero-order valence-corrected chi connectivity index (χ0v) is 8.87. The Bertz CT molecular complexity index is 27.2. The third-order valence-electron chi connectivity index (χ3n) is 0. The maximum atomic E-state index is 3.72. The Hall–Kier alpha value is 2.40. The van der Waals surface area contributed by atoms with Gasteiger partial charge in [-0.1, -0.05) is 0 Å². The van der Waals surface area contributed by atoms with Crippen LogP contribution in [-0.4, -0.2) is 2.74 Å². The molecule has 0 saturated carbocycles. The second-order valence-corrected chi connectivity index (χ2v) is 5.40. The first-order valence-electron chi connectivity index (χ1n) is 0.894. The van der Waals surface area contributed by atoms with E-state index in [-0.39, 0.29) is 31.0 Å². The van der Waals surface area contributed by atoms with Crippen molar-refractivity contribution in [2.45, 2.75) is 2.74 Å². The SMILES string of the molecule is SC(S)(S)S.[H-].[Na+]. The van der Waals surface area contributed by atoms with Crippen LogP contribution in [0.1, 0.15) is 1.43 Å². The van der Waals surface area contributed by atoms with Crippen LogP contribution in [0.15, 0.2) is 0 Å². The molecular formula is CH5NaS4. The van der Waals surface area contributed by atoms with E-state index in [0.29, 0.717) is 0 Å². The molecule has 0 unspecified atom stereocenters. The Morgan fingerprint density at radius 1 is 1.00 bits per heavy atom. The fourth-order valence-electron chi connectivity index (χ4n) is 0. The van der Waals surface area contributed by atoms with Gasteiger partial charge in [-0.3, -0.25) is 0 Å². The summed E-state index contributed by atoms with van der Waals surface area (Å²) < 4.78 is -0.722. The van der Waals surface area contributed by atoms with Crippen LogP contribution < -0.4 is 29.6 Å². The normalized spacial score (nSPS) is 10.0. The van der Waals surface area contributed by atoms with Crippen molar-refractivity contribution in [1.29, 1.82) is 0 Å². The van der Waals surface area contributed by atoms with Gasteiger partial charge in [0.25, 0.3) is 0 Å². The summed E-state index contributed by atoms with van der Waals surface area (Å²) in [7, 11) is 0. The zero-order valence-electron chi connectivity index (χ0n) is 4.29. The van der Waals surface area contributed by atoms with E-state index < -0.39 is 2.74 Å². The average Bonchev–Trinajstić information content (AvgIpc) is 0.722. The molecule has 6 heavy (non-hydrogen) atoms. The van der Waals surface area contributed by atoms with Gasteiger partial charge in [-0.2, -0.15) is 0 Å². The van der Waals surface area contributed by atoms with Crippen LogP contribution in [-0.2, 0) is 0 Å². The first-order valence-corrected chi connectivity index (χ1v) is 2.68. The second kappa shape index (κ2) is 4.30. The van der Waals surface area contributed by atoms with Gasteiger partial charge in [-0.25, -0.2) is 0 Å². The van der Waals surface area contributed by atoms with Crippen molar-refractivity contribution in [1.82, 2.24) is 0 Å². The topological polar surface area (TPSA) is 0 Å². The molecule has 0 nitrogen and oxygen atoms in total. The van der Waals surface area contributed by atoms with Crippen molar-refractivity contribution in [3.8, 4) is 0 Å². The quantitative estimate of drug-likeness (QED) is 0.188. The molecule has 0 aromatic rings. The summed E-state index contributed by atoms with van der Waals surface area (Å²) >= 11 is 14.9. The van der Waals surface area contributed by atoms with Gasteiger partial charge in [0.05, 0.1) is 0 Å². The molecule has 0 aliphatic heterocycles. The molecule has 0 rings (SSSR count). The Labute approximate surface area is 83.3 Å². The molecule has 0 saturated heterocycles. The molecule has 0 N–H and O–H groups in total. The van der Waals surface area contributed by atoms with Crippen molar-refractivity contribution in [2.75, 3.05) is 0 Å². The summed E-state index contributed by atoms with van der Waals surface area (Å²) in [5.41, 5.74) is 0. The van der Waals surface area contributed by atoms with Gasteiger partial charge >= 0.3 is 29.6 Å². The Morgan fingerprint density at radius 3 is 1.00 bits per heavy atom. The largest absolute Gasteiger partial charge is 1.00 e. The van der Waals surface area contributed by atoms with Crippen molar-refractivity contribution < 1.29 is 31.0 Å². The molecule has 0 amide bonds. The fourth-order valence-corrected chi connectivity index (χ4v) is 0. The summed E-state index contributed by atoms with van der Waals surface area (Å²) in [6.07, 6.45) is 0. The van der Waals surface area contributed by atoms with Crippen LogP contribution in [0.3, 0.4) is 0 Å². The van der Waals surface area contributed by atoms with Crippen LogP contribution in [0.25, 0.3) is 0 Å². The van der Waals surface area contributed by atoms with Gasteiger partial charge in [-0.05, 0) is 0 Å². The number of thiol groups is 4. The van der Waals surface area contributed by atoms with Crippen LogP contribution in [0.5, 0.6) is 0 Å². The summed E-state index contributed by atoms with van der Waals surface area (Å²) in [6, 6.07) is 0. The average molecular weight is 168 g/mol. The minimum atomic E-state index is -0.722. The predicted octanol–water partition coefficient (Wildman–Crippen LogP) is -1.57. The minimum absolute atomic E-state index is 0. The third kappa shape index (κ3) is 32.4. The monoisotopic (exact) mass is 168 g/mol. The molecule has 0 atom stereocenters. The van der Waals surface area contributed by atoms with E-state index in [0.717, 1.165) is 0 Å². The van der Waals surface area contributed by atoms with Crippen molar-refractivity contribution >= 4 is 50.5 Å². The van der Waals surface area contributed by atoms with Crippen LogP contribution >= 0.6 is 50.5 Å². The molecule has 0 aliphatic carbocycles. The van der Waals surface area contributed by atoms with E-state index in [2.05, 4.69) is 50.5 Å². The first-order chi connectivity index (χ1) is 2.00. The van der Waals surface area contributed by atoms with Crippen LogP contribution in [0.2, 0.25) is 0 Å². The van der Waals surface area contributed by atoms with E-state index in [1.807, 2.05) is 0 Å². The summed E-state index contributed by atoms with van der Waals surface area (Å²) in [6.45, 7) is 0. The maximum Gasteiger partial charge on any atom is 1.00 e. The van der Waals surface area contributed by atoms with Gasteiger partial charge in [0, 0.05) is 0 Å². The summed E-state index contributed by atoms with van der Waals surface area (Å²) in [5.74, 6) is 0. The maximum absolute atomic E-state index is 3.72. The standard InChI is InChI=1S/CH4S4.Na.H/c2-1(3,4)5;;/h2-5H;;/q;+1;-1. The van der Waals surface area contributed by atoms with Crippen molar-refractivity contribution in [3.05, 3.63) is 0 Å². The summed E-state index contributed by atoms with van der Waals surface area (Å²) in [4.78, 5) is 0. The molecular weight excluding hydrogens is 163 g/mol. The Morgan fingerprint density at radius 2 is 1.00 bits per heavy atom. The number of rotatable bonds is 0. The Balaban J connectivity index is -0.0000000800. The molecule has 5 heteroatoms. The molecule has 0 heterocycles. The molecule has 0 spiro atoms. The van der Waals surface area contributed by atoms with Gasteiger partial charge in [-0.15, -0.1) is 50.5 Å².